The van der Waals surface area contributed by atoms with Crippen molar-refractivity contribution in [2.45, 2.75) is 38.6 Å². The first-order valence-electron chi connectivity index (χ1n) is 6.33. The second-order valence-electron chi connectivity index (χ2n) is 5.00. The number of aryl methyl sites for hydroxylation is 1. The summed E-state index contributed by atoms with van der Waals surface area (Å²) in [5.41, 5.74) is 1.67. The van der Waals surface area contributed by atoms with E-state index in [0.717, 1.165) is 24.1 Å². The standard InChI is InChI=1S/C14H20FNO/c1-10-6-12(15)8-13(7-10)16-14(9-17)11-4-2-3-5-11/h6-8,11,14,16-17H,2-5,9H2,1H3. The molecule has 1 unspecified atom stereocenters. The molecule has 0 heterocycles. The Bertz CT molecular complexity index is 354. The largest absolute Gasteiger partial charge is 0.394 e. The number of nitrogens with one attached hydrogen (secondary N) is 1. The van der Waals surface area contributed by atoms with Crippen molar-refractivity contribution < 1.29 is 9.50 Å². The molecule has 1 aromatic rings. The van der Waals surface area contributed by atoms with Gasteiger partial charge in [0.15, 0.2) is 0 Å². The second-order valence-corrected chi connectivity index (χ2v) is 5.00. The SMILES string of the molecule is Cc1cc(F)cc(NC(CO)C2CCCC2)c1. The quantitative estimate of drug-likeness (QED) is 0.843. The van der Waals surface area contributed by atoms with Gasteiger partial charge in [0.05, 0.1) is 12.6 Å². The van der Waals surface area contributed by atoms with Crippen molar-refractivity contribution in [3.63, 3.8) is 0 Å². The van der Waals surface area contributed by atoms with Crippen molar-refractivity contribution in [1.29, 1.82) is 0 Å². The topological polar surface area (TPSA) is 32.3 Å². The van der Waals surface area contributed by atoms with E-state index >= 15 is 0 Å². The molecule has 0 aromatic heterocycles. The molecule has 0 saturated heterocycles. The van der Waals surface area contributed by atoms with E-state index in [4.69, 9.17) is 0 Å². The van der Waals surface area contributed by atoms with Gasteiger partial charge in [-0.3, -0.25) is 0 Å². The molecule has 2 N–H and O–H groups in total. The highest BCUT2D eigenvalue weighted by Crippen LogP contribution is 2.29. The summed E-state index contributed by atoms with van der Waals surface area (Å²) >= 11 is 0. The molecule has 2 nitrogen and oxygen atoms in total. The first kappa shape index (κ1) is 12.4. The number of aliphatic hydroxyl groups excluding tert-OH is 1. The van der Waals surface area contributed by atoms with Crippen LogP contribution in [-0.2, 0) is 0 Å². The number of benzene rings is 1. The lowest BCUT2D eigenvalue weighted by atomic mass is 9.98. The molecule has 1 atom stereocenters. The molecule has 94 valence electrons. The van der Waals surface area contributed by atoms with Crippen molar-refractivity contribution >= 4 is 5.69 Å². The van der Waals surface area contributed by atoms with Crippen LogP contribution in [0.4, 0.5) is 10.1 Å². The minimum atomic E-state index is -0.226. The van der Waals surface area contributed by atoms with Gasteiger partial charge >= 0.3 is 0 Å². The molecule has 2 rings (SSSR count). The molecular formula is C14H20FNO. The molecule has 1 aliphatic carbocycles. The monoisotopic (exact) mass is 237 g/mol. The number of hydrogen-bond donors (Lipinski definition) is 2. The Morgan fingerprint density at radius 3 is 2.65 bits per heavy atom. The molecule has 0 spiro atoms. The van der Waals surface area contributed by atoms with Crippen LogP contribution in [0, 0.1) is 18.7 Å². The Morgan fingerprint density at radius 2 is 2.06 bits per heavy atom. The number of rotatable bonds is 4. The Labute approximate surface area is 102 Å². The van der Waals surface area contributed by atoms with Gasteiger partial charge in [-0.25, -0.2) is 4.39 Å². The first-order chi connectivity index (χ1) is 8.19. The molecule has 0 amide bonds. The van der Waals surface area contributed by atoms with Gasteiger partial charge in [0.1, 0.15) is 5.82 Å². The summed E-state index contributed by atoms with van der Waals surface area (Å²) < 4.78 is 13.3. The predicted octanol–water partition coefficient (Wildman–Crippen LogP) is 3.10. The summed E-state index contributed by atoms with van der Waals surface area (Å²) in [4.78, 5) is 0. The summed E-state index contributed by atoms with van der Waals surface area (Å²) in [7, 11) is 0. The van der Waals surface area contributed by atoms with Crippen LogP contribution in [0.1, 0.15) is 31.2 Å². The van der Waals surface area contributed by atoms with Gasteiger partial charge in [-0.1, -0.05) is 12.8 Å². The third-order valence-electron chi connectivity index (χ3n) is 3.56. The van der Waals surface area contributed by atoms with Crippen molar-refractivity contribution in [3.05, 3.63) is 29.6 Å². The maximum Gasteiger partial charge on any atom is 0.125 e. The van der Waals surface area contributed by atoms with Crippen LogP contribution in [0.15, 0.2) is 18.2 Å². The summed E-state index contributed by atoms with van der Waals surface area (Å²) in [6.45, 7) is 1.98. The minimum Gasteiger partial charge on any atom is -0.394 e. The molecular weight excluding hydrogens is 217 g/mol. The maximum absolute atomic E-state index is 13.3. The zero-order chi connectivity index (χ0) is 12.3. The van der Waals surface area contributed by atoms with Crippen LogP contribution in [0.3, 0.4) is 0 Å². The van der Waals surface area contributed by atoms with Crippen molar-refractivity contribution in [3.8, 4) is 0 Å². The lowest BCUT2D eigenvalue weighted by Gasteiger charge is -2.24. The van der Waals surface area contributed by atoms with E-state index in [9.17, 15) is 9.50 Å². The Kier molecular flexibility index (Phi) is 4.00. The van der Waals surface area contributed by atoms with Gasteiger partial charge in [-0.05, 0) is 49.4 Å². The number of aliphatic hydroxyl groups is 1. The molecule has 1 aromatic carbocycles. The predicted molar refractivity (Wildman–Crippen MR) is 67.6 cm³/mol. The van der Waals surface area contributed by atoms with Crippen molar-refractivity contribution in [2.24, 2.45) is 5.92 Å². The van der Waals surface area contributed by atoms with E-state index < -0.39 is 0 Å². The number of hydrogen-bond acceptors (Lipinski definition) is 2. The van der Waals surface area contributed by atoms with Gasteiger partial charge in [-0.2, -0.15) is 0 Å². The Balaban J connectivity index is 2.06. The fourth-order valence-corrected chi connectivity index (χ4v) is 2.71. The van der Waals surface area contributed by atoms with Crippen molar-refractivity contribution in [1.82, 2.24) is 0 Å². The highest BCUT2D eigenvalue weighted by molar-refractivity contribution is 5.47. The van der Waals surface area contributed by atoms with E-state index in [-0.39, 0.29) is 18.5 Å². The maximum atomic E-state index is 13.3. The molecule has 1 aliphatic rings. The third-order valence-corrected chi connectivity index (χ3v) is 3.56. The molecule has 1 saturated carbocycles. The summed E-state index contributed by atoms with van der Waals surface area (Å²) in [6, 6.07) is 4.97. The fourth-order valence-electron chi connectivity index (χ4n) is 2.71. The van der Waals surface area contributed by atoms with Gasteiger partial charge in [-0.15, -0.1) is 0 Å². The number of anilines is 1. The van der Waals surface area contributed by atoms with Gasteiger partial charge < -0.3 is 10.4 Å². The van der Waals surface area contributed by atoms with Crippen molar-refractivity contribution in [2.75, 3.05) is 11.9 Å². The highest BCUT2D eigenvalue weighted by atomic mass is 19.1. The van der Waals surface area contributed by atoms with E-state index in [1.54, 1.807) is 0 Å². The normalized spacial score (nSPS) is 18.3. The molecule has 0 radical (unpaired) electrons. The second kappa shape index (κ2) is 5.50. The highest BCUT2D eigenvalue weighted by Gasteiger charge is 2.24. The van der Waals surface area contributed by atoms with Crippen LogP contribution in [0.5, 0.6) is 0 Å². The smallest absolute Gasteiger partial charge is 0.125 e. The van der Waals surface area contributed by atoms with E-state index in [0.29, 0.717) is 5.92 Å². The third kappa shape index (κ3) is 3.19. The zero-order valence-corrected chi connectivity index (χ0v) is 10.2. The molecule has 0 bridgehead atoms. The van der Waals surface area contributed by atoms with Crippen LogP contribution in [0.25, 0.3) is 0 Å². The Hall–Kier alpha value is -1.09. The van der Waals surface area contributed by atoms with Crippen LogP contribution >= 0.6 is 0 Å². The molecule has 1 fully saturated rings. The fraction of sp³-hybridized carbons (Fsp3) is 0.571. The van der Waals surface area contributed by atoms with E-state index in [2.05, 4.69) is 5.32 Å². The zero-order valence-electron chi connectivity index (χ0n) is 10.2. The Morgan fingerprint density at radius 1 is 1.35 bits per heavy atom. The molecule has 3 heteroatoms. The minimum absolute atomic E-state index is 0.0544. The van der Waals surface area contributed by atoms with Crippen LogP contribution < -0.4 is 5.32 Å². The lowest BCUT2D eigenvalue weighted by molar-refractivity contribution is 0.238. The van der Waals surface area contributed by atoms with Gasteiger partial charge in [0, 0.05) is 5.69 Å². The summed E-state index contributed by atoms with van der Waals surface area (Å²) in [5.74, 6) is 0.291. The van der Waals surface area contributed by atoms with Gasteiger partial charge in [0.2, 0.25) is 0 Å². The average Bonchev–Trinajstić information content (AvgIpc) is 2.77. The molecule has 17 heavy (non-hydrogen) atoms. The average molecular weight is 237 g/mol. The number of halogens is 1. The van der Waals surface area contributed by atoms with E-state index in [1.165, 1.54) is 25.0 Å². The van der Waals surface area contributed by atoms with Crippen LogP contribution in [-0.4, -0.2) is 17.8 Å². The van der Waals surface area contributed by atoms with Crippen LogP contribution in [0.2, 0.25) is 0 Å². The summed E-state index contributed by atoms with van der Waals surface area (Å²) in [6.07, 6.45) is 4.80. The lowest BCUT2D eigenvalue weighted by Crippen LogP contribution is -2.31. The first-order valence-corrected chi connectivity index (χ1v) is 6.33. The van der Waals surface area contributed by atoms with E-state index in [1.807, 2.05) is 13.0 Å². The molecule has 0 aliphatic heterocycles. The summed E-state index contributed by atoms with van der Waals surface area (Å²) in [5, 5.41) is 12.7. The van der Waals surface area contributed by atoms with Gasteiger partial charge in [0.25, 0.3) is 0 Å².